The molecule has 2 heteroatoms. The Kier molecular flexibility index (Phi) is 2.14. The molecule has 1 atom stereocenters. The lowest BCUT2D eigenvalue weighted by atomic mass is 10.7. The lowest BCUT2D eigenvalue weighted by Gasteiger charge is -1.95. The first-order valence-electron chi connectivity index (χ1n) is 1.55. The van der Waals surface area contributed by atoms with E-state index < -0.39 is 0 Å². The molecule has 0 spiro atoms. The Morgan fingerprint density at radius 3 is 2.00 bits per heavy atom. The van der Waals surface area contributed by atoms with Crippen LogP contribution >= 0.6 is 0 Å². The van der Waals surface area contributed by atoms with Gasteiger partial charge in [-0.15, -0.1) is 0 Å². The first kappa shape index (κ1) is 4.92. The van der Waals surface area contributed by atoms with Gasteiger partial charge in [0.05, 0.1) is 0 Å². The predicted octanol–water partition coefficient (Wildman–Crippen LogP) is -0.0625. The second-order valence-electron chi connectivity index (χ2n) is 0.941. The number of ether oxygens (including phenoxy) is 1. The molecule has 32 valence electrons. The van der Waals surface area contributed by atoms with Gasteiger partial charge in [-0.1, -0.05) is 0 Å². The third-order valence-corrected chi connectivity index (χ3v) is 0.372. The van der Waals surface area contributed by atoms with E-state index in [4.69, 9.17) is 5.73 Å². The highest BCUT2D eigenvalue weighted by Gasteiger charge is 1.78. The molecule has 5 heavy (non-hydrogen) atoms. The highest BCUT2D eigenvalue weighted by atomic mass is 16.5. The molecular weight excluding hydrogens is 66.0 g/mol. The van der Waals surface area contributed by atoms with E-state index in [1.807, 2.05) is 0 Å². The molecule has 0 aliphatic heterocycles. The highest BCUT2D eigenvalue weighted by Crippen LogP contribution is 1.66. The fourth-order valence-corrected chi connectivity index (χ4v) is 0. The number of hydrogen-bond donors (Lipinski definition) is 1. The molecule has 0 amide bonds. The van der Waals surface area contributed by atoms with Crippen LogP contribution in [0.25, 0.3) is 0 Å². The number of methoxy groups -OCH3 is 1. The molecule has 0 aromatic heterocycles. The molecule has 0 radical (unpaired) electrons. The summed E-state index contributed by atoms with van der Waals surface area (Å²) in [5.74, 6) is 0. The quantitative estimate of drug-likeness (QED) is 0.443. The Bertz CT molecular complexity index is 20.9. The van der Waals surface area contributed by atoms with Crippen LogP contribution < -0.4 is 5.73 Å². The summed E-state index contributed by atoms with van der Waals surface area (Å²) in [6.45, 7) is 1.78. The molecule has 0 bridgehead atoms. The van der Waals surface area contributed by atoms with Crippen molar-refractivity contribution in [3.05, 3.63) is 0 Å². The van der Waals surface area contributed by atoms with Crippen molar-refractivity contribution in [2.75, 3.05) is 7.11 Å². The topological polar surface area (TPSA) is 35.2 Å². The molecule has 1 unspecified atom stereocenters. The summed E-state index contributed by atoms with van der Waals surface area (Å²) in [4.78, 5) is 0. The van der Waals surface area contributed by atoms with Crippen molar-refractivity contribution in [2.45, 2.75) is 13.2 Å². The number of rotatable bonds is 1. The van der Waals surface area contributed by atoms with Gasteiger partial charge in [0.1, 0.15) is 6.23 Å². The Balaban J connectivity index is 2.54. The molecule has 2 N–H and O–H groups in total. The largest absolute Gasteiger partial charge is 0.367 e. The van der Waals surface area contributed by atoms with Crippen LogP contribution in [0.15, 0.2) is 0 Å². The average Bonchev–Trinajstić information content (AvgIpc) is 1.38. The summed E-state index contributed by atoms with van der Waals surface area (Å²) in [5.41, 5.74) is 5.07. The van der Waals surface area contributed by atoms with Gasteiger partial charge in [0, 0.05) is 7.11 Å². The summed E-state index contributed by atoms with van der Waals surface area (Å²) in [6, 6.07) is 0. The summed E-state index contributed by atoms with van der Waals surface area (Å²) in [5, 5.41) is 0. The third-order valence-electron chi connectivity index (χ3n) is 0.372. The van der Waals surface area contributed by atoms with E-state index in [2.05, 4.69) is 4.74 Å². The molecule has 0 aliphatic rings. The summed E-state index contributed by atoms with van der Waals surface area (Å²) in [6.07, 6.45) is -0.116. The van der Waals surface area contributed by atoms with Crippen LogP contribution in [0.1, 0.15) is 6.92 Å². The second-order valence-corrected chi connectivity index (χ2v) is 0.941. The maximum absolute atomic E-state index is 5.07. The number of nitrogens with two attached hydrogens (primary N) is 1. The van der Waals surface area contributed by atoms with Crippen molar-refractivity contribution >= 4 is 0 Å². The van der Waals surface area contributed by atoms with Gasteiger partial charge in [0.2, 0.25) is 0 Å². The zero-order chi connectivity index (χ0) is 4.28. The highest BCUT2D eigenvalue weighted by molar-refractivity contribution is 4.23. The van der Waals surface area contributed by atoms with Gasteiger partial charge in [0.25, 0.3) is 0 Å². The standard InChI is InChI=1S/C3H9NO/c1-3(4)5-2/h3H,4H2,1-2H3. The van der Waals surface area contributed by atoms with Gasteiger partial charge in [-0.3, -0.25) is 0 Å². The lowest BCUT2D eigenvalue weighted by Crippen LogP contribution is -2.15. The Morgan fingerprint density at radius 1 is 1.80 bits per heavy atom. The van der Waals surface area contributed by atoms with Crippen molar-refractivity contribution in [3.8, 4) is 0 Å². The summed E-state index contributed by atoms with van der Waals surface area (Å²) < 4.78 is 4.53. The molecule has 0 heterocycles. The SMILES string of the molecule is COC(C)N. The smallest absolute Gasteiger partial charge is 0.102 e. The lowest BCUT2D eigenvalue weighted by molar-refractivity contribution is 0.124. The van der Waals surface area contributed by atoms with Crippen molar-refractivity contribution in [1.82, 2.24) is 0 Å². The normalized spacial score (nSPS) is 15.0. The molecule has 0 aromatic rings. The van der Waals surface area contributed by atoms with Gasteiger partial charge in [-0.2, -0.15) is 0 Å². The molecule has 0 saturated carbocycles. The van der Waals surface area contributed by atoms with Crippen molar-refractivity contribution < 1.29 is 4.74 Å². The minimum Gasteiger partial charge on any atom is -0.367 e. The van der Waals surface area contributed by atoms with Gasteiger partial charge in [0.15, 0.2) is 0 Å². The number of hydrogen-bond acceptors (Lipinski definition) is 2. The van der Waals surface area contributed by atoms with E-state index in [0.717, 1.165) is 0 Å². The Labute approximate surface area is 31.9 Å². The molecular formula is C3H9NO. The van der Waals surface area contributed by atoms with E-state index in [0.29, 0.717) is 0 Å². The van der Waals surface area contributed by atoms with Crippen molar-refractivity contribution in [1.29, 1.82) is 0 Å². The van der Waals surface area contributed by atoms with Crippen LogP contribution in [0.4, 0.5) is 0 Å². The van der Waals surface area contributed by atoms with E-state index in [1.54, 1.807) is 14.0 Å². The average molecular weight is 75.1 g/mol. The molecule has 0 aliphatic carbocycles. The van der Waals surface area contributed by atoms with Crippen LogP contribution in [-0.4, -0.2) is 13.3 Å². The first-order valence-corrected chi connectivity index (χ1v) is 1.55. The van der Waals surface area contributed by atoms with E-state index in [1.165, 1.54) is 0 Å². The fourth-order valence-electron chi connectivity index (χ4n) is 0. The van der Waals surface area contributed by atoms with E-state index >= 15 is 0 Å². The summed E-state index contributed by atoms with van der Waals surface area (Å²) >= 11 is 0. The zero-order valence-corrected chi connectivity index (χ0v) is 3.56. The minimum atomic E-state index is -0.116. The maximum atomic E-state index is 5.07. The molecule has 0 aromatic carbocycles. The van der Waals surface area contributed by atoms with Gasteiger partial charge < -0.3 is 10.5 Å². The molecule has 2 nitrogen and oxygen atoms in total. The van der Waals surface area contributed by atoms with Crippen LogP contribution in [0.5, 0.6) is 0 Å². The van der Waals surface area contributed by atoms with Crippen molar-refractivity contribution in [3.63, 3.8) is 0 Å². The molecule has 0 fully saturated rings. The van der Waals surface area contributed by atoms with Crippen molar-refractivity contribution in [2.24, 2.45) is 5.73 Å². The van der Waals surface area contributed by atoms with Gasteiger partial charge in [-0.05, 0) is 6.92 Å². The van der Waals surface area contributed by atoms with Crippen LogP contribution in [0.3, 0.4) is 0 Å². The van der Waals surface area contributed by atoms with Gasteiger partial charge in [-0.25, -0.2) is 0 Å². The maximum Gasteiger partial charge on any atom is 0.102 e. The Morgan fingerprint density at radius 2 is 2.00 bits per heavy atom. The van der Waals surface area contributed by atoms with Crippen LogP contribution in [0, 0.1) is 0 Å². The molecule has 0 saturated heterocycles. The van der Waals surface area contributed by atoms with Gasteiger partial charge >= 0.3 is 0 Å². The summed E-state index contributed by atoms with van der Waals surface area (Å²) in [7, 11) is 1.57. The Hall–Kier alpha value is -0.0800. The fraction of sp³-hybridized carbons (Fsp3) is 1.00. The van der Waals surface area contributed by atoms with E-state index in [-0.39, 0.29) is 6.23 Å². The van der Waals surface area contributed by atoms with E-state index in [9.17, 15) is 0 Å². The first-order chi connectivity index (χ1) is 2.27. The molecule has 0 rings (SSSR count). The predicted molar refractivity (Wildman–Crippen MR) is 20.7 cm³/mol. The van der Waals surface area contributed by atoms with Crippen LogP contribution in [0.2, 0.25) is 0 Å². The van der Waals surface area contributed by atoms with Crippen LogP contribution in [-0.2, 0) is 4.74 Å². The zero-order valence-electron chi connectivity index (χ0n) is 3.56. The monoisotopic (exact) mass is 75.1 g/mol. The minimum absolute atomic E-state index is 0.116. The third kappa shape index (κ3) is 3.92. The second kappa shape index (κ2) is 2.18.